The van der Waals surface area contributed by atoms with Crippen molar-refractivity contribution in [3.63, 3.8) is 0 Å². The zero-order valence-corrected chi connectivity index (χ0v) is 21.3. The van der Waals surface area contributed by atoms with Crippen LogP contribution in [-0.4, -0.2) is 40.1 Å². The van der Waals surface area contributed by atoms with Gasteiger partial charge in [0.15, 0.2) is 11.5 Å². The second-order valence-electron chi connectivity index (χ2n) is 11.7. The first kappa shape index (κ1) is 25.8. The second kappa shape index (κ2) is 9.45. The molecule has 37 heavy (non-hydrogen) atoms. The highest BCUT2D eigenvalue weighted by Crippen LogP contribution is 2.42. The molecule has 1 heterocycles. The van der Waals surface area contributed by atoms with Crippen molar-refractivity contribution in [1.82, 2.24) is 15.1 Å². The molecule has 7 nitrogen and oxygen atoms in total. The lowest BCUT2D eigenvalue weighted by Gasteiger charge is -2.31. The number of nitrogens with two attached hydrogens (primary N) is 1. The molecule has 3 aliphatic rings. The fraction of sp³-hybridized carbons (Fsp3) is 0.593. The Bertz CT molecular complexity index is 1210. The average molecular weight is 518 g/mol. The summed E-state index contributed by atoms with van der Waals surface area (Å²) in [6, 6.07) is 5.27. The van der Waals surface area contributed by atoms with Crippen LogP contribution in [0.15, 0.2) is 18.2 Å². The van der Waals surface area contributed by atoms with Crippen LogP contribution in [0, 0.1) is 11.3 Å². The molecule has 4 N–H and O–H groups in total. The minimum atomic E-state index is -4.76. The van der Waals surface area contributed by atoms with Crippen molar-refractivity contribution in [3.8, 4) is 5.69 Å². The maximum atomic E-state index is 13.9. The van der Waals surface area contributed by atoms with Crippen molar-refractivity contribution < 1.29 is 22.8 Å². The molecule has 0 radical (unpaired) electrons. The van der Waals surface area contributed by atoms with Crippen LogP contribution in [0.1, 0.15) is 90.9 Å². The van der Waals surface area contributed by atoms with Crippen LogP contribution in [-0.2, 0) is 12.6 Å². The van der Waals surface area contributed by atoms with Gasteiger partial charge in [0.25, 0.3) is 5.91 Å². The standard InChI is InChI=1S/C27H34F3N5O2/c1-26(2)12-21-23(22(36)13-26)24(27(28,29)30)34-35(21)18-9-10-19(25(31)37)20(11-18)33-17-7-5-16(6-8-17)32-14-15-3-4-15/h9-11,15-17,32-33H,3-8,12-14H2,1-2H3,(H2,31,37). The summed E-state index contributed by atoms with van der Waals surface area (Å²) in [5, 5.41) is 11.0. The van der Waals surface area contributed by atoms with Gasteiger partial charge in [-0.25, -0.2) is 4.68 Å². The van der Waals surface area contributed by atoms with E-state index < -0.39 is 29.0 Å². The van der Waals surface area contributed by atoms with Crippen molar-refractivity contribution in [2.75, 3.05) is 11.9 Å². The lowest BCUT2D eigenvalue weighted by atomic mass is 9.75. The average Bonchev–Trinajstić information content (AvgIpc) is 3.55. The first-order chi connectivity index (χ1) is 17.4. The minimum absolute atomic E-state index is 0.0282. The Hall–Kier alpha value is -2.88. The van der Waals surface area contributed by atoms with Gasteiger partial charge in [-0.2, -0.15) is 18.3 Å². The number of amides is 1. The van der Waals surface area contributed by atoms with Gasteiger partial charge in [0.05, 0.1) is 22.5 Å². The van der Waals surface area contributed by atoms with Gasteiger partial charge >= 0.3 is 6.18 Å². The first-order valence-corrected chi connectivity index (χ1v) is 13.1. The third kappa shape index (κ3) is 5.54. The molecule has 0 aliphatic heterocycles. The summed E-state index contributed by atoms with van der Waals surface area (Å²) < 4.78 is 42.8. The molecular weight excluding hydrogens is 483 g/mol. The third-order valence-corrected chi connectivity index (χ3v) is 7.81. The number of fused-ring (bicyclic) bond motifs is 1. The van der Waals surface area contributed by atoms with Crippen LogP contribution in [0.4, 0.5) is 18.9 Å². The number of hydrogen-bond acceptors (Lipinski definition) is 5. The molecule has 10 heteroatoms. The number of alkyl halides is 3. The van der Waals surface area contributed by atoms with E-state index >= 15 is 0 Å². The second-order valence-corrected chi connectivity index (χ2v) is 11.7. The molecule has 1 aromatic heterocycles. The lowest BCUT2D eigenvalue weighted by molar-refractivity contribution is -0.141. The van der Waals surface area contributed by atoms with Crippen LogP contribution < -0.4 is 16.4 Å². The van der Waals surface area contributed by atoms with Gasteiger partial charge in [-0.05, 0) is 81.0 Å². The van der Waals surface area contributed by atoms with Crippen molar-refractivity contribution in [2.45, 2.75) is 83.5 Å². The number of primary amides is 1. The number of halogens is 3. The van der Waals surface area contributed by atoms with Crippen molar-refractivity contribution in [3.05, 3.63) is 40.7 Å². The molecule has 2 aromatic rings. The van der Waals surface area contributed by atoms with E-state index in [0.29, 0.717) is 17.4 Å². The Morgan fingerprint density at radius 1 is 1.11 bits per heavy atom. The summed E-state index contributed by atoms with van der Waals surface area (Å²) in [6.07, 6.45) is 2.00. The van der Waals surface area contributed by atoms with E-state index in [0.717, 1.165) is 38.1 Å². The summed E-state index contributed by atoms with van der Waals surface area (Å²) in [5.41, 5.74) is 4.96. The van der Waals surface area contributed by atoms with E-state index in [2.05, 4.69) is 15.7 Å². The van der Waals surface area contributed by atoms with E-state index in [1.54, 1.807) is 6.07 Å². The molecular formula is C27H34F3N5O2. The highest BCUT2D eigenvalue weighted by molar-refractivity contribution is 6.00. The van der Waals surface area contributed by atoms with Gasteiger partial charge < -0.3 is 16.4 Å². The molecule has 3 aliphatic carbocycles. The van der Waals surface area contributed by atoms with Crippen molar-refractivity contribution >= 4 is 17.4 Å². The number of nitrogens with one attached hydrogen (secondary N) is 2. The fourth-order valence-electron chi connectivity index (χ4n) is 5.68. The summed E-state index contributed by atoms with van der Waals surface area (Å²) in [5.74, 6) is -0.351. The molecule has 2 saturated carbocycles. The Labute approximate surface area is 214 Å². The predicted molar refractivity (Wildman–Crippen MR) is 134 cm³/mol. The van der Waals surface area contributed by atoms with Crippen LogP contribution in [0.5, 0.6) is 0 Å². The Morgan fingerprint density at radius 3 is 2.41 bits per heavy atom. The molecule has 2 fully saturated rings. The number of Topliss-reactive ketones (excluding diaryl/α,β-unsaturated/α-hetero) is 1. The monoisotopic (exact) mass is 517 g/mol. The van der Waals surface area contributed by atoms with Gasteiger partial charge in [-0.15, -0.1) is 0 Å². The lowest BCUT2D eigenvalue weighted by Crippen LogP contribution is -2.38. The maximum absolute atomic E-state index is 13.9. The molecule has 0 spiro atoms. The zero-order valence-electron chi connectivity index (χ0n) is 21.3. The number of carbonyl (C=O) groups excluding carboxylic acids is 2. The molecule has 0 atom stereocenters. The molecule has 5 rings (SSSR count). The molecule has 1 amide bonds. The quantitative estimate of drug-likeness (QED) is 0.487. The van der Waals surface area contributed by atoms with E-state index in [4.69, 9.17) is 5.73 Å². The molecule has 0 bridgehead atoms. The number of carbonyl (C=O) groups is 2. The number of nitrogens with zero attached hydrogens (tertiary/aromatic N) is 2. The fourth-order valence-corrected chi connectivity index (χ4v) is 5.68. The zero-order chi connectivity index (χ0) is 26.5. The largest absolute Gasteiger partial charge is 0.435 e. The minimum Gasteiger partial charge on any atom is -0.382 e. The predicted octanol–water partition coefficient (Wildman–Crippen LogP) is 4.87. The summed E-state index contributed by atoms with van der Waals surface area (Å²) >= 11 is 0. The van der Waals surface area contributed by atoms with Crippen LogP contribution in [0.25, 0.3) is 5.69 Å². The molecule has 0 saturated heterocycles. The Kier molecular flexibility index (Phi) is 6.58. The normalized spacial score (nSPS) is 23.5. The van der Waals surface area contributed by atoms with Crippen molar-refractivity contribution in [2.24, 2.45) is 17.1 Å². The number of benzene rings is 1. The maximum Gasteiger partial charge on any atom is 0.435 e. The highest BCUT2D eigenvalue weighted by atomic mass is 19.4. The topological polar surface area (TPSA) is 102 Å². The highest BCUT2D eigenvalue weighted by Gasteiger charge is 2.45. The van der Waals surface area contributed by atoms with Crippen LogP contribution in [0.3, 0.4) is 0 Å². The molecule has 1 aromatic carbocycles. The van der Waals surface area contributed by atoms with Crippen LogP contribution in [0.2, 0.25) is 0 Å². The summed E-state index contributed by atoms with van der Waals surface area (Å²) in [4.78, 5) is 24.9. The molecule has 0 unspecified atom stereocenters. The van der Waals surface area contributed by atoms with Gasteiger partial charge in [0, 0.05) is 24.2 Å². The number of aromatic nitrogens is 2. The number of rotatable bonds is 7. The summed E-state index contributed by atoms with van der Waals surface area (Å²) in [7, 11) is 0. The van der Waals surface area contributed by atoms with E-state index in [9.17, 15) is 22.8 Å². The molecule has 200 valence electrons. The van der Waals surface area contributed by atoms with Gasteiger partial charge in [0.1, 0.15) is 0 Å². The van der Waals surface area contributed by atoms with E-state index in [-0.39, 0.29) is 35.7 Å². The van der Waals surface area contributed by atoms with E-state index in [1.165, 1.54) is 29.7 Å². The van der Waals surface area contributed by atoms with Crippen molar-refractivity contribution in [1.29, 1.82) is 0 Å². The number of ketones is 1. The number of anilines is 1. The SMILES string of the molecule is CC1(C)CC(=O)c2c(C(F)(F)F)nn(-c3ccc(C(N)=O)c(NC4CCC(NCC5CC5)CC4)c3)c2C1. The Morgan fingerprint density at radius 2 is 1.78 bits per heavy atom. The summed E-state index contributed by atoms with van der Waals surface area (Å²) in [6.45, 7) is 4.79. The van der Waals surface area contributed by atoms with Gasteiger partial charge in [0.2, 0.25) is 0 Å². The van der Waals surface area contributed by atoms with Gasteiger partial charge in [-0.3, -0.25) is 9.59 Å². The third-order valence-electron chi connectivity index (χ3n) is 7.81. The Balaban J connectivity index is 1.44. The van der Waals surface area contributed by atoms with E-state index in [1.807, 2.05) is 13.8 Å². The number of hydrogen-bond donors (Lipinski definition) is 3. The van der Waals surface area contributed by atoms with Gasteiger partial charge in [-0.1, -0.05) is 13.8 Å². The smallest absolute Gasteiger partial charge is 0.382 e. The first-order valence-electron chi connectivity index (χ1n) is 13.1. The van der Waals surface area contributed by atoms with Crippen LogP contribution >= 0.6 is 0 Å².